The third kappa shape index (κ3) is 5.26. The molecule has 0 spiro atoms. The molecule has 1 saturated carbocycles. The third-order valence-corrected chi connectivity index (χ3v) is 7.14. The normalized spacial score (nSPS) is 16.6. The van der Waals surface area contributed by atoms with Crippen LogP contribution in [0.1, 0.15) is 32.3 Å². The Morgan fingerprint density at radius 2 is 1.76 bits per heavy atom. The highest BCUT2D eigenvalue weighted by Gasteiger charge is 2.39. The van der Waals surface area contributed by atoms with Gasteiger partial charge in [-0.3, -0.25) is 9.79 Å². The molecule has 3 aromatic carbocycles. The van der Waals surface area contributed by atoms with Crippen LogP contribution >= 0.6 is 0 Å². The van der Waals surface area contributed by atoms with E-state index in [-0.39, 0.29) is 23.6 Å². The Kier molecular flexibility index (Phi) is 6.56. The molecule has 1 heterocycles. The molecule has 3 aromatic rings. The minimum atomic E-state index is -1.03. The Bertz CT molecular complexity index is 1390. The van der Waals surface area contributed by atoms with E-state index in [2.05, 4.69) is 4.99 Å². The van der Waals surface area contributed by atoms with E-state index in [1.807, 2.05) is 35.0 Å². The number of halogens is 2. The standard InChI is InChI=1S/C30H31F2N3O2/c1-30(2,18-36)33-28(34(3)15-19-16-35(17-19)29(37)21-8-9-21)24-12-11-23(14-27(24)32)22-10-7-20-5-4-6-26(31)25(20)13-22/h4-7,10-14,18-19,21H,8-9,15-17H2,1-3H3. The first-order valence-corrected chi connectivity index (χ1v) is 12.7. The van der Waals surface area contributed by atoms with Crippen LogP contribution in [0, 0.1) is 23.5 Å². The molecule has 0 N–H and O–H groups in total. The van der Waals surface area contributed by atoms with Gasteiger partial charge < -0.3 is 14.6 Å². The fourth-order valence-electron chi connectivity index (χ4n) is 4.87. The summed E-state index contributed by atoms with van der Waals surface area (Å²) in [7, 11) is 1.84. The lowest BCUT2D eigenvalue weighted by Gasteiger charge is -2.42. The van der Waals surface area contributed by atoms with E-state index in [9.17, 15) is 14.0 Å². The SMILES string of the molecule is CN(CC1CN(C(=O)C2CC2)C1)C(=NC(C)(C)C=O)c1ccc(-c2ccc3cccc(F)c3c2)cc1F. The number of hydrogen-bond acceptors (Lipinski definition) is 3. The van der Waals surface area contributed by atoms with Gasteiger partial charge in [-0.15, -0.1) is 0 Å². The molecule has 1 aliphatic heterocycles. The molecular weight excluding hydrogens is 472 g/mol. The molecule has 2 aliphatic rings. The van der Waals surface area contributed by atoms with Crippen LogP contribution in [0.5, 0.6) is 0 Å². The first-order valence-electron chi connectivity index (χ1n) is 12.7. The predicted molar refractivity (Wildman–Crippen MR) is 141 cm³/mol. The number of fused-ring (bicyclic) bond motifs is 1. The molecule has 2 fully saturated rings. The monoisotopic (exact) mass is 503 g/mol. The molecular formula is C30H31F2N3O2. The summed E-state index contributed by atoms with van der Waals surface area (Å²) in [6.07, 6.45) is 2.72. The summed E-state index contributed by atoms with van der Waals surface area (Å²) in [6.45, 7) is 5.33. The minimum Gasteiger partial charge on any atom is -0.359 e. The van der Waals surface area contributed by atoms with Crippen molar-refractivity contribution in [3.8, 4) is 11.1 Å². The molecule has 1 aliphatic carbocycles. The van der Waals surface area contributed by atoms with E-state index >= 15 is 4.39 Å². The van der Waals surface area contributed by atoms with Gasteiger partial charge in [0.1, 0.15) is 29.3 Å². The summed E-state index contributed by atoms with van der Waals surface area (Å²) in [5.74, 6) is 0.292. The summed E-state index contributed by atoms with van der Waals surface area (Å²) in [4.78, 5) is 32.3. The topological polar surface area (TPSA) is 53.0 Å². The first kappa shape index (κ1) is 25.1. The molecule has 5 rings (SSSR count). The van der Waals surface area contributed by atoms with Gasteiger partial charge in [-0.25, -0.2) is 8.78 Å². The molecule has 0 bridgehead atoms. The summed E-state index contributed by atoms with van der Waals surface area (Å²) in [5, 5.41) is 1.26. The number of aliphatic imine (C=N–C) groups is 1. The number of likely N-dealkylation sites (tertiary alicyclic amines) is 1. The van der Waals surface area contributed by atoms with Gasteiger partial charge in [-0.1, -0.05) is 30.3 Å². The van der Waals surface area contributed by atoms with Gasteiger partial charge in [-0.2, -0.15) is 0 Å². The Balaban J connectivity index is 1.40. The van der Waals surface area contributed by atoms with Crippen molar-refractivity contribution < 1.29 is 18.4 Å². The quantitative estimate of drug-likeness (QED) is 0.250. The van der Waals surface area contributed by atoms with Crippen LogP contribution < -0.4 is 0 Å². The van der Waals surface area contributed by atoms with Gasteiger partial charge in [0.15, 0.2) is 0 Å². The van der Waals surface area contributed by atoms with Crippen molar-refractivity contribution in [1.82, 2.24) is 9.80 Å². The maximum Gasteiger partial charge on any atom is 0.225 e. The van der Waals surface area contributed by atoms with Gasteiger partial charge in [-0.05, 0) is 67.5 Å². The highest BCUT2D eigenvalue weighted by Crippen LogP contribution is 2.34. The van der Waals surface area contributed by atoms with Crippen LogP contribution in [-0.2, 0) is 9.59 Å². The second kappa shape index (κ2) is 9.69. The second-order valence-corrected chi connectivity index (χ2v) is 10.8. The van der Waals surface area contributed by atoms with Crippen molar-refractivity contribution >= 4 is 28.8 Å². The van der Waals surface area contributed by atoms with Crippen molar-refractivity contribution in [2.75, 3.05) is 26.7 Å². The number of rotatable bonds is 7. The molecule has 0 unspecified atom stereocenters. The molecule has 0 radical (unpaired) electrons. The predicted octanol–water partition coefficient (Wildman–Crippen LogP) is 5.31. The number of nitrogens with zero attached hydrogens (tertiary/aromatic N) is 3. The van der Waals surface area contributed by atoms with Crippen molar-refractivity contribution in [2.24, 2.45) is 16.8 Å². The zero-order valence-electron chi connectivity index (χ0n) is 21.4. The summed E-state index contributed by atoms with van der Waals surface area (Å²) in [6, 6.07) is 15.2. The fraction of sp³-hybridized carbons (Fsp3) is 0.367. The van der Waals surface area contributed by atoms with Crippen molar-refractivity contribution in [3.63, 3.8) is 0 Å². The van der Waals surface area contributed by atoms with Gasteiger partial charge >= 0.3 is 0 Å². The van der Waals surface area contributed by atoms with Gasteiger partial charge in [0.25, 0.3) is 0 Å². The molecule has 1 saturated heterocycles. The zero-order chi connectivity index (χ0) is 26.3. The zero-order valence-corrected chi connectivity index (χ0v) is 21.4. The largest absolute Gasteiger partial charge is 0.359 e. The minimum absolute atomic E-state index is 0.205. The fourth-order valence-corrected chi connectivity index (χ4v) is 4.87. The Morgan fingerprint density at radius 1 is 1.05 bits per heavy atom. The summed E-state index contributed by atoms with van der Waals surface area (Å²) >= 11 is 0. The van der Waals surface area contributed by atoms with E-state index in [0.29, 0.717) is 47.5 Å². The molecule has 192 valence electrons. The van der Waals surface area contributed by atoms with Crippen LogP contribution in [0.4, 0.5) is 8.78 Å². The average Bonchev–Trinajstić information content (AvgIpc) is 3.70. The first-order chi connectivity index (χ1) is 17.6. The molecule has 5 nitrogen and oxygen atoms in total. The average molecular weight is 504 g/mol. The highest BCUT2D eigenvalue weighted by molar-refractivity contribution is 6.00. The van der Waals surface area contributed by atoms with E-state index in [1.165, 1.54) is 12.1 Å². The van der Waals surface area contributed by atoms with Gasteiger partial charge in [0, 0.05) is 43.9 Å². The maximum absolute atomic E-state index is 15.6. The Morgan fingerprint density at radius 3 is 2.43 bits per heavy atom. The molecule has 0 aromatic heterocycles. The number of hydrogen-bond donors (Lipinski definition) is 0. The Hall–Kier alpha value is -3.61. The van der Waals surface area contributed by atoms with Crippen LogP contribution in [0.15, 0.2) is 59.6 Å². The summed E-state index contributed by atoms with van der Waals surface area (Å²) < 4.78 is 29.9. The Labute approximate surface area is 215 Å². The van der Waals surface area contributed by atoms with Crippen molar-refractivity contribution in [2.45, 2.75) is 32.2 Å². The van der Waals surface area contributed by atoms with E-state index in [0.717, 1.165) is 24.5 Å². The van der Waals surface area contributed by atoms with Crippen molar-refractivity contribution in [1.29, 1.82) is 0 Å². The lowest BCUT2D eigenvalue weighted by molar-refractivity contribution is -0.139. The number of aldehydes is 1. The second-order valence-electron chi connectivity index (χ2n) is 10.8. The van der Waals surface area contributed by atoms with Crippen molar-refractivity contribution in [3.05, 3.63) is 71.8 Å². The molecule has 0 atom stereocenters. The van der Waals surface area contributed by atoms with E-state index in [1.54, 1.807) is 38.1 Å². The number of carbonyl (C=O) groups is 2. The van der Waals surface area contributed by atoms with E-state index < -0.39 is 11.4 Å². The summed E-state index contributed by atoms with van der Waals surface area (Å²) in [5.41, 5.74) is 0.589. The highest BCUT2D eigenvalue weighted by atomic mass is 19.1. The number of amidine groups is 1. The molecule has 7 heteroatoms. The van der Waals surface area contributed by atoms with Gasteiger partial charge in [0.2, 0.25) is 5.91 Å². The lowest BCUT2D eigenvalue weighted by Crippen LogP contribution is -2.54. The number of benzene rings is 3. The van der Waals surface area contributed by atoms with Crippen LogP contribution in [0.25, 0.3) is 21.9 Å². The number of carbonyl (C=O) groups excluding carboxylic acids is 2. The van der Waals surface area contributed by atoms with E-state index in [4.69, 9.17) is 0 Å². The molecule has 1 amide bonds. The lowest BCUT2D eigenvalue weighted by atomic mass is 9.97. The smallest absolute Gasteiger partial charge is 0.225 e. The number of amides is 1. The third-order valence-electron chi connectivity index (χ3n) is 7.14. The van der Waals surface area contributed by atoms with Crippen LogP contribution in [0.3, 0.4) is 0 Å². The van der Waals surface area contributed by atoms with Gasteiger partial charge in [0.05, 0.1) is 5.56 Å². The van der Waals surface area contributed by atoms with Crippen LogP contribution in [-0.4, -0.2) is 60.0 Å². The van der Waals surface area contributed by atoms with Crippen LogP contribution in [0.2, 0.25) is 0 Å². The maximum atomic E-state index is 15.6. The molecule has 37 heavy (non-hydrogen) atoms.